The fourth-order valence-electron chi connectivity index (χ4n) is 3.81. The Labute approximate surface area is 171 Å². The highest BCUT2D eigenvalue weighted by atomic mass is 16.8. The molecule has 0 bridgehead atoms. The molecular formula is C18H24N6O6. The lowest BCUT2D eigenvalue weighted by Crippen LogP contribution is -2.39. The number of fused-ring (bicyclic) bond motifs is 2. The number of nitrogens with zero attached hydrogens (tertiary/aromatic N) is 4. The van der Waals surface area contributed by atoms with E-state index in [0.29, 0.717) is 11.2 Å². The number of ether oxygens (including phenoxy) is 3. The van der Waals surface area contributed by atoms with Gasteiger partial charge in [0.2, 0.25) is 5.91 Å². The number of aliphatic carboxylic acids is 1. The average molecular weight is 420 g/mol. The second-order valence-electron chi connectivity index (χ2n) is 7.76. The van der Waals surface area contributed by atoms with E-state index in [-0.39, 0.29) is 37.5 Å². The second kappa shape index (κ2) is 7.78. The van der Waals surface area contributed by atoms with Crippen molar-refractivity contribution in [3.63, 3.8) is 0 Å². The summed E-state index contributed by atoms with van der Waals surface area (Å²) in [7, 11) is 0. The summed E-state index contributed by atoms with van der Waals surface area (Å²) in [4.78, 5) is 35.1. The number of amides is 1. The Hall–Kier alpha value is -2.83. The van der Waals surface area contributed by atoms with Gasteiger partial charge in [0.05, 0.1) is 6.33 Å². The maximum Gasteiger partial charge on any atom is 0.303 e. The highest BCUT2D eigenvalue weighted by Crippen LogP contribution is 2.43. The molecule has 2 aromatic heterocycles. The van der Waals surface area contributed by atoms with Crippen molar-refractivity contribution in [3.05, 3.63) is 12.7 Å². The third kappa shape index (κ3) is 3.93. The fraction of sp³-hybridized carbons (Fsp3) is 0.611. The van der Waals surface area contributed by atoms with Crippen molar-refractivity contribution >= 4 is 28.9 Å². The Balaban J connectivity index is 1.49. The van der Waals surface area contributed by atoms with Crippen LogP contribution in [0, 0.1) is 0 Å². The number of imidazole rings is 1. The molecule has 1 amide bonds. The Kier molecular flexibility index (Phi) is 5.30. The number of nitrogen functional groups attached to an aromatic ring is 1. The monoisotopic (exact) mass is 420 g/mol. The summed E-state index contributed by atoms with van der Waals surface area (Å²) < 4.78 is 20.0. The van der Waals surface area contributed by atoms with Gasteiger partial charge in [0.15, 0.2) is 23.5 Å². The summed E-state index contributed by atoms with van der Waals surface area (Å²) in [5.41, 5.74) is 6.85. The second-order valence-corrected chi connectivity index (χ2v) is 7.76. The molecule has 0 aromatic carbocycles. The molecule has 2 fully saturated rings. The van der Waals surface area contributed by atoms with Crippen molar-refractivity contribution in [2.24, 2.45) is 0 Å². The molecule has 12 nitrogen and oxygen atoms in total. The molecule has 4 N–H and O–H groups in total. The zero-order valence-electron chi connectivity index (χ0n) is 16.6. The zero-order chi connectivity index (χ0) is 21.5. The van der Waals surface area contributed by atoms with Crippen molar-refractivity contribution in [3.8, 4) is 0 Å². The molecule has 2 aliphatic heterocycles. The Morgan fingerprint density at radius 2 is 2.00 bits per heavy atom. The van der Waals surface area contributed by atoms with Gasteiger partial charge in [-0.3, -0.25) is 14.2 Å². The molecule has 162 valence electrons. The molecular weight excluding hydrogens is 396 g/mol. The first-order chi connectivity index (χ1) is 14.2. The van der Waals surface area contributed by atoms with E-state index in [0.717, 1.165) is 0 Å². The summed E-state index contributed by atoms with van der Waals surface area (Å²) >= 11 is 0. The first-order valence-electron chi connectivity index (χ1n) is 9.68. The van der Waals surface area contributed by atoms with Crippen LogP contribution in [0.25, 0.3) is 11.2 Å². The van der Waals surface area contributed by atoms with E-state index in [1.165, 1.54) is 6.33 Å². The molecule has 0 aliphatic carbocycles. The van der Waals surface area contributed by atoms with Crippen molar-refractivity contribution in [1.82, 2.24) is 24.8 Å². The van der Waals surface area contributed by atoms with E-state index in [4.69, 9.17) is 25.1 Å². The average Bonchev–Trinajstić information content (AvgIpc) is 3.31. The molecule has 4 rings (SSSR count). The summed E-state index contributed by atoms with van der Waals surface area (Å²) in [5, 5.41) is 11.5. The van der Waals surface area contributed by atoms with Crippen LogP contribution in [0.3, 0.4) is 0 Å². The summed E-state index contributed by atoms with van der Waals surface area (Å²) in [6.07, 6.45) is 1.36. The number of rotatable bonds is 7. The minimum Gasteiger partial charge on any atom is -0.481 e. The number of carboxylic acids is 1. The highest BCUT2D eigenvalue weighted by Gasteiger charge is 2.56. The molecule has 30 heavy (non-hydrogen) atoms. The Bertz CT molecular complexity index is 962. The quantitative estimate of drug-likeness (QED) is 0.563. The van der Waals surface area contributed by atoms with E-state index in [9.17, 15) is 9.59 Å². The van der Waals surface area contributed by atoms with Crippen LogP contribution in [0.2, 0.25) is 0 Å². The van der Waals surface area contributed by atoms with Crippen LogP contribution in [-0.2, 0) is 23.8 Å². The van der Waals surface area contributed by atoms with Gasteiger partial charge in [0.25, 0.3) is 0 Å². The van der Waals surface area contributed by atoms with Crippen LogP contribution in [0.15, 0.2) is 12.7 Å². The normalized spacial score (nSPS) is 27.3. The van der Waals surface area contributed by atoms with E-state index in [1.54, 1.807) is 10.9 Å². The SMILES string of the molecule is CC1(C)O[C@@H]2[C@H](O1)[C@@H](CNC(=O)CCCC(=O)O)O[C@H]2n1cnc2c(N)ncnc21. The number of hydrogen-bond donors (Lipinski definition) is 3. The van der Waals surface area contributed by atoms with Crippen LogP contribution < -0.4 is 11.1 Å². The molecule has 2 aromatic rings. The maximum absolute atomic E-state index is 12.0. The van der Waals surface area contributed by atoms with Gasteiger partial charge >= 0.3 is 5.97 Å². The van der Waals surface area contributed by atoms with Crippen LogP contribution in [0.5, 0.6) is 0 Å². The lowest BCUT2D eigenvalue weighted by molar-refractivity contribution is -0.195. The van der Waals surface area contributed by atoms with Crippen LogP contribution in [-0.4, -0.2) is 67.1 Å². The Morgan fingerprint density at radius 1 is 1.23 bits per heavy atom. The van der Waals surface area contributed by atoms with Crippen molar-refractivity contribution in [2.45, 2.75) is 63.4 Å². The third-order valence-electron chi connectivity index (χ3n) is 5.08. The van der Waals surface area contributed by atoms with Gasteiger partial charge in [-0.25, -0.2) is 15.0 Å². The predicted octanol–water partition coefficient (Wildman–Crippen LogP) is 0.197. The molecule has 0 radical (unpaired) electrons. The number of anilines is 1. The van der Waals surface area contributed by atoms with Gasteiger partial charge in [-0.05, 0) is 20.3 Å². The van der Waals surface area contributed by atoms with Gasteiger partial charge in [0, 0.05) is 19.4 Å². The molecule has 0 spiro atoms. The molecule has 2 saturated heterocycles. The number of aromatic nitrogens is 4. The first-order valence-corrected chi connectivity index (χ1v) is 9.68. The van der Waals surface area contributed by atoms with Gasteiger partial charge in [-0.1, -0.05) is 0 Å². The first kappa shape index (κ1) is 20.4. The largest absolute Gasteiger partial charge is 0.481 e. The third-order valence-corrected chi connectivity index (χ3v) is 5.08. The number of hydrogen-bond acceptors (Lipinski definition) is 9. The lowest BCUT2D eigenvalue weighted by atomic mass is 10.1. The molecule has 0 saturated carbocycles. The van der Waals surface area contributed by atoms with Crippen LogP contribution >= 0.6 is 0 Å². The standard InChI is InChI=1S/C18H24N6O6/c1-18(2)29-13-9(6-20-10(25)4-3-5-11(26)27)28-17(14(13)30-18)24-8-23-12-15(19)21-7-22-16(12)24/h7-9,13-14,17H,3-6H2,1-2H3,(H,20,25)(H,26,27)(H2,19,21,22)/t9-,13-,14-,17-/m1/s1. The minimum absolute atomic E-state index is 0.0516. The molecule has 0 unspecified atom stereocenters. The summed E-state index contributed by atoms with van der Waals surface area (Å²) in [6.45, 7) is 3.83. The minimum atomic E-state index is -0.927. The van der Waals surface area contributed by atoms with Crippen molar-refractivity contribution in [1.29, 1.82) is 0 Å². The van der Waals surface area contributed by atoms with E-state index in [1.807, 2.05) is 13.8 Å². The molecule has 2 aliphatic rings. The molecule has 4 atom stereocenters. The number of carbonyl (C=O) groups is 2. The molecule has 12 heteroatoms. The number of carbonyl (C=O) groups excluding carboxylic acids is 1. The van der Waals surface area contributed by atoms with E-state index in [2.05, 4.69) is 20.3 Å². The lowest BCUT2D eigenvalue weighted by Gasteiger charge is -2.25. The van der Waals surface area contributed by atoms with Crippen molar-refractivity contribution < 1.29 is 28.9 Å². The smallest absolute Gasteiger partial charge is 0.303 e. The van der Waals surface area contributed by atoms with E-state index >= 15 is 0 Å². The van der Waals surface area contributed by atoms with Gasteiger partial charge in [-0.15, -0.1) is 0 Å². The fourth-order valence-corrected chi connectivity index (χ4v) is 3.81. The topological polar surface area (TPSA) is 164 Å². The van der Waals surface area contributed by atoms with Gasteiger partial charge in [-0.2, -0.15) is 0 Å². The van der Waals surface area contributed by atoms with Gasteiger partial charge in [0.1, 0.15) is 30.2 Å². The van der Waals surface area contributed by atoms with Crippen LogP contribution in [0.1, 0.15) is 39.3 Å². The summed E-state index contributed by atoms with van der Waals surface area (Å²) in [6, 6.07) is 0. The number of carboxylic acid groups (broad SMARTS) is 1. The van der Waals surface area contributed by atoms with Crippen LogP contribution in [0.4, 0.5) is 5.82 Å². The molecule has 4 heterocycles. The number of nitrogens with two attached hydrogens (primary N) is 1. The predicted molar refractivity (Wildman–Crippen MR) is 102 cm³/mol. The zero-order valence-corrected chi connectivity index (χ0v) is 16.6. The van der Waals surface area contributed by atoms with Crippen molar-refractivity contribution in [2.75, 3.05) is 12.3 Å². The maximum atomic E-state index is 12.0. The highest BCUT2D eigenvalue weighted by molar-refractivity contribution is 5.81. The van der Waals surface area contributed by atoms with Gasteiger partial charge < -0.3 is 30.4 Å². The van der Waals surface area contributed by atoms with E-state index < -0.39 is 36.3 Å². The summed E-state index contributed by atoms with van der Waals surface area (Å²) in [5.74, 6) is -1.72. The Morgan fingerprint density at radius 3 is 2.77 bits per heavy atom. The number of nitrogens with one attached hydrogen (secondary N) is 1.